The predicted octanol–water partition coefficient (Wildman–Crippen LogP) is 11.9. The summed E-state index contributed by atoms with van der Waals surface area (Å²) < 4.78 is 2.35. The molecule has 9 aromatic rings. The van der Waals surface area contributed by atoms with Crippen molar-refractivity contribution < 1.29 is 0 Å². The van der Waals surface area contributed by atoms with E-state index in [1.54, 1.807) is 0 Å². The standard InChI is InChI=1S/C46H31N3/c1-4-12-32(13-5-1)33-22-26-37(27-23-33)46-47-42(35-14-6-2-7-15-35)31-43(48-46)36-24-20-34(21-25-36)38-28-29-45-41(30-38)40-18-10-11-19-44(40)49(45)39-16-8-3-9-17-39/h1-31H. The van der Waals surface area contributed by atoms with Crippen molar-refractivity contribution in [2.75, 3.05) is 0 Å². The second kappa shape index (κ2) is 12.2. The molecule has 0 aliphatic carbocycles. The van der Waals surface area contributed by atoms with E-state index in [0.717, 1.165) is 39.3 Å². The van der Waals surface area contributed by atoms with Gasteiger partial charge in [0.1, 0.15) is 0 Å². The van der Waals surface area contributed by atoms with E-state index in [2.05, 4.69) is 168 Å². The molecule has 2 heterocycles. The minimum atomic E-state index is 0.709. The second-order valence-corrected chi connectivity index (χ2v) is 12.3. The lowest BCUT2D eigenvalue weighted by atomic mass is 10.00. The Hall–Kier alpha value is -6.58. The summed E-state index contributed by atoms with van der Waals surface area (Å²) >= 11 is 0. The number of nitrogens with zero attached hydrogens (tertiary/aromatic N) is 3. The number of hydrogen-bond donors (Lipinski definition) is 0. The molecule has 0 atom stereocenters. The van der Waals surface area contributed by atoms with Gasteiger partial charge in [0.2, 0.25) is 0 Å². The molecule has 0 saturated heterocycles. The van der Waals surface area contributed by atoms with E-state index in [4.69, 9.17) is 9.97 Å². The number of aromatic nitrogens is 3. The molecule has 0 spiro atoms. The van der Waals surface area contributed by atoms with E-state index in [1.165, 1.54) is 38.5 Å². The summed E-state index contributed by atoms with van der Waals surface area (Å²) in [6, 6.07) is 66.2. The van der Waals surface area contributed by atoms with Crippen LogP contribution in [0, 0.1) is 0 Å². The first-order chi connectivity index (χ1) is 24.3. The Morgan fingerprint density at radius 3 is 1.43 bits per heavy atom. The molecule has 0 amide bonds. The lowest BCUT2D eigenvalue weighted by molar-refractivity contribution is 1.18. The molecule has 0 N–H and O–H groups in total. The number of hydrogen-bond acceptors (Lipinski definition) is 2. The Kier molecular flexibility index (Phi) is 7.14. The molecule has 230 valence electrons. The molecule has 2 aromatic heterocycles. The van der Waals surface area contributed by atoms with Crippen LogP contribution in [0.15, 0.2) is 188 Å². The van der Waals surface area contributed by atoms with Crippen molar-refractivity contribution in [2.45, 2.75) is 0 Å². The summed E-state index contributed by atoms with van der Waals surface area (Å²) in [7, 11) is 0. The van der Waals surface area contributed by atoms with Crippen molar-refractivity contribution in [1.29, 1.82) is 0 Å². The third-order valence-electron chi connectivity index (χ3n) is 9.25. The average molecular weight is 626 g/mol. The van der Waals surface area contributed by atoms with Gasteiger partial charge in [-0.3, -0.25) is 0 Å². The molecule has 3 nitrogen and oxygen atoms in total. The lowest BCUT2D eigenvalue weighted by Crippen LogP contribution is -1.96. The van der Waals surface area contributed by atoms with Gasteiger partial charge in [-0.2, -0.15) is 0 Å². The highest BCUT2D eigenvalue weighted by molar-refractivity contribution is 6.10. The number of para-hydroxylation sites is 2. The van der Waals surface area contributed by atoms with Crippen molar-refractivity contribution in [2.24, 2.45) is 0 Å². The first-order valence-corrected chi connectivity index (χ1v) is 16.6. The maximum atomic E-state index is 5.10. The minimum Gasteiger partial charge on any atom is -0.309 e. The van der Waals surface area contributed by atoms with Gasteiger partial charge in [0, 0.05) is 33.2 Å². The molecule has 0 saturated carbocycles. The van der Waals surface area contributed by atoms with Crippen LogP contribution in [-0.2, 0) is 0 Å². The molecule has 0 aliphatic heterocycles. The van der Waals surface area contributed by atoms with Crippen molar-refractivity contribution in [3.63, 3.8) is 0 Å². The van der Waals surface area contributed by atoms with Crippen LogP contribution in [0.3, 0.4) is 0 Å². The van der Waals surface area contributed by atoms with Gasteiger partial charge < -0.3 is 4.57 Å². The largest absolute Gasteiger partial charge is 0.309 e. The van der Waals surface area contributed by atoms with Crippen LogP contribution >= 0.6 is 0 Å². The Bertz CT molecular complexity index is 2550. The highest BCUT2D eigenvalue weighted by Gasteiger charge is 2.14. The summed E-state index contributed by atoms with van der Waals surface area (Å²) in [5, 5.41) is 2.49. The number of rotatable bonds is 6. The van der Waals surface area contributed by atoms with Crippen molar-refractivity contribution in [3.8, 4) is 61.8 Å². The van der Waals surface area contributed by atoms with Gasteiger partial charge in [0.05, 0.1) is 22.4 Å². The first-order valence-electron chi connectivity index (χ1n) is 16.6. The monoisotopic (exact) mass is 625 g/mol. The fraction of sp³-hybridized carbons (Fsp3) is 0. The summed E-state index contributed by atoms with van der Waals surface area (Å²) in [5.41, 5.74) is 13.2. The SMILES string of the molecule is c1ccc(-c2ccc(-c3nc(-c4ccccc4)cc(-c4ccc(-c5ccc6c(c5)c5ccccc5n6-c5ccccc5)cc4)n3)cc2)cc1. The molecule has 0 fully saturated rings. The molecule has 0 bridgehead atoms. The minimum absolute atomic E-state index is 0.709. The predicted molar refractivity (Wildman–Crippen MR) is 204 cm³/mol. The van der Waals surface area contributed by atoms with E-state index in [-0.39, 0.29) is 0 Å². The van der Waals surface area contributed by atoms with Gasteiger partial charge in [-0.05, 0) is 58.7 Å². The molecule has 0 radical (unpaired) electrons. The van der Waals surface area contributed by atoms with E-state index >= 15 is 0 Å². The van der Waals surface area contributed by atoms with Crippen LogP contribution < -0.4 is 0 Å². The Balaban J connectivity index is 1.10. The normalized spacial score (nSPS) is 11.3. The summed E-state index contributed by atoms with van der Waals surface area (Å²) in [6.07, 6.45) is 0. The second-order valence-electron chi connectivity index (χ2n) is 12.3. The van der Waals surface area contributed by atoms with Crippen LogP contribution in [-0.4, -0.2) is 14.5 Å². The zero-order valence-corrected chi connectivity index (χ0v) is 26.7. The molecule has 7 aromatic carbocycles. The molecular weight excluding hydrogens is 595 g/mol. The van der Waals surface area contributed by atoms with Gasteiger partial charge in [-0.25, -0.2) is 9.97 Å². The topological polar surface area (TPSA) is 30.7 Å². The van der Waals surface area contributed by atoms with Crippen LogP contribution in [0.25, 0.3) is 83.6 Å². The summed E-state index contributed by atoms with van der Waals surface area (Å²) in [6.45, 7) is 0. The van der Waals surface area contributed by atoms with E-state index < -0.39 is 0 Å². The average Bonchev–Trinajstić information content (AvgIpc) is 3.52. The van der Waals surface area contributed by atoms with Gasteiger partial charge in [-0.15, -0.1) is 0 Å². The lowest BCUT2D eigenvalue weighted by Gasteiger charge is -2.11. The third-order valence-corrected chi connectivity index (χ3v) is 9.25. The number of benzene rings is 7. The smallest absolute Gasteiger partial charge is 0.160 e. The van der Waals surface area contributed by atoms with Gasteiger partial charge in [0.25, 0.3) is 0 Å². The summed E-state index contributed by atoms with van der Waals surface area (Å²) in [4.78, 5) is 10.1. The van der Waals surface area contributed by atoms with Gasteiger partial charge >= 0.3 is 0 Å². The van der Waals surface area contributed by atoms with Crippen LogP contribution in [0.2, 0.25) is 0 Å². The van der Waals surface area contributed by atoms with E-state index in [9.17, 15) is 0 Å². The van der Waals surface area contributed by atoms with E-state index in [1.807, 2.05) is 24.3 Å². The van der Waals surface area contributed by atoms with Gasteiger partial charge in [0.15, 0.2) is 5.82 Å². The molecule has 49 heavy (non-hydrogen) atoms. The zero-order valence-electron chi connectivity index (χ0n) is 26.7. The third kappa shape index (κ3) is 5.38. The fourth-order valence-corrected chi connectivity index (χ4v) is 6.76. The van der Waals surface area contributed by atoms with Crippen LogP contribution in [0.4, 0.5) is 0 Å². The number of fused-ring (bicyclic) bond motifs is 3. The zero-order chi connectivity index (χ0) is 32.6. The molecule has 9 rings (SSSR count). The Morgan fingerprint density at radius 1 is 0.306 bits per heavy atom. The molecule has 3 heteroatoms. The first kappa shape index (κ1) is 28.6. The van der Waals surface area contributed by atoms with Crippen molar-refractivity contribution >= 4 is 21.8 Å². The maximum absolute atomic E-state index is 5.10. The molecule has 0 unspecified atom stereocenters. The van der Waals surface area contributed by atoms with Gasteiger partial charge in [-0.1, -0.05) is 152 Å². The Morgan fingerprint density at radius 2 is 0.755 bits per heavy atom. The van der Waals surface area contributed by atoms with Crippen LogP contribution in [0.5, 0.6) is 0 Å². The van der Waals surface area contributed by atoms with Crippen molar-refractivity contribution in [1.82, 2.24) is 14.5 Å². The quantitative estimate of drug-likeness (QED) is 0.184. The highest BCUT2D eigenvalue weighted by atomic mass is 15.0. The molecular formula is C46H31N3. The van der Waals surface area contributed by atoms with Crippen LogP contribution in [0.1, 0.15) is 0 Å². The van der Waals surface area contributed by atoms with Crippen molar-refractivity contribution in [3.05, 3.63) is 188 Å². The van der Waals surface area contributed by atoms with E-state index in [0.29, 0.717) is 5.82 Å². The maximum Gasteiger partial charge on any atom is 0.160 e. The molecule has 0 aliphatic rings. The summed E-state index contributed by atoms with van der Waals surface area (Å²) in [5.74, 6) is 0.709. The fourth-order valence-electron chi connectivity index (χ4n) is 6.76. The highest BCUT2D eigenvalue weighted by Crippen LogP contribution is 2.36. The Labute approximate surface area is 285 Å².